The van der Waals surface area contributed by atoms with Crippen LogP contribution >= 0.6 is 11.3 Å². The highest BCUT2D eigenvalue weighted by molar-refractivity contribution is 7.12. The minimum absolute atomic E-state index is 0.275. The third-order valence-corrected chi connectivity index (χ3v) is 4.51. The van der Waals surface area contributed by atoms with Gasteiger partial charge in [-0.15, -0.1) is 11.3 Å². The van der Waals surface area contributed by atoms with Gasteiger partial charge in [-0.05, 0) is 50.2 Å². The Morgan fingerprint density at radius 2 is 2.05 bits per heavy atom. The van der Waals surface area contributed by atoms with E-state index in [-0.39, 0.29) is 6.04 Å². The highest BCUT2D eigenvalue weighted by Gasteiger charge is 2.09. The van der Waals surface area contributed by atoms with Crippen LogP contribution in [-0.2, 0) is 0 Å². The molecule has 2 heterocycles. The third-order valence-electron chi connectivity index (χ3n) is 3.33. The summed E-state index contributed by atoms with van der Waals surface area (Å²) in [5.41, 5.74) is 8.56. The molecule has 0 amide bonds. The van der Waals surface area contributed by atoms with Crippen LogP contribution in [0.25, 0.3) is 10.9 Å². The Kier molecular flexibility index (Phi) is 3.32. The summed E-state index contributed by atoms with van der Waals surface area (Å²) in [6.45, 7) is 4.31. The first kappa shape index (κ1) is 12.9. The monoisotopic (exact) mass is 283 g/mol. The van der Waals surface area contributed by atoms with Crippen molar-refractivity contribution < 1.29 is 0 Å². The van der Waals surface area contributed by atoms with E-state index in [1.54, 1.807) is 0 Å². The molecule has 1 atom stereocenters. The molecule has 0 saturated carbocycles. The van der Waals surface area contributed by atoms with Gasteiger partial charge in [0.2, 0.25) is 0 Å². The van der Waals surface area contributed by atoms with Gasteiger partial charge in [-0.1, -0.05) is 0 Å². The van der Waals surface area contributed by atoms with Crippen molar-refractivity contribution in [2.45, 2.75) is 19.9 Å². The molecule has 0 aliphatic rings. The van der Waals surface area contributed by atoms with Gasteiger partial charge in [0.25, 0.3) is 0 Å². The Morgan fingerprint density at radius 1 is 1.20 bits per heavy atom. The zero-order chi connectivity index (χ0) is 14.1. The van der Waals surface area contributed by atoms with Crippen LogP contribution in [0.3, 0.4) is 0 Å². The van der Waals surface area contributed by atoms with Crippen molar-refractivity contribution in [3.8, 4) is 0 Å². The second kappa shape index (κ2) is 5.13. The van der Waals surface area contributed by atoms with Crippen LogP contribution < -0.4 is 11.1 Å². The van der Waals surface area contributed by atoms with Gasteiger partial charge in [0, 0.05) is 32.7 Å². The van der Waals surface area contributed by atoms with E-state index in [9.17, 15) is 0 Å². The zero-order valence-electron chi connectivity index (χ0n) is 11.6. The van der Waals surface area contributed by atoms with E-state index < -0.39 is 0 Å². The number of fused-ring (bicyclic) bond motifs is 1. The highest BCUT2D eigenvalue weighted by atomic mass is 32.1. The number of hydrogen-bond donors (Lipinski definition) is 2. The summed E-state index contributed by atoms with van der Waals surface area (Å²) in [6.07, 6.45) is 1.82. The number of nitrogens with zero attached hydrogens (tertiary/aromatic N) is 1. The summed E-state index contributed by atoms with van der Waals surface area (Å²) < 4.78 is 0. The van der Waals surface area contributed by atoms with Crippen LogP contribution in [0.1, 0.15) is 22.7 Å². The second-order valence-corrected chi connectivity index (χ2v) is 6.27. The molecule has 102 valence electrons. The first-order valence-electron chi connectivity index (χ1n) is 6.60. The van der Waals surface area contributed by atoms with Gasteiger partial charge in [0.05, 0.1) is 11.6 Å². The van der Waals surface area contributed by atoms with Crippen molar-refractivity contribution in [1.29, 1.82) is 0 Å². The smallest absolute Gasteiger partial charge is 0.0743 e. The van der Waals surface area contributed by atoms with E-state index in [1.165, 1.54) is 9.75 Å². The molecule has 3 aromatic rings. The van der Waals surface area contributed by atoms with Crippen molar-refractivity contribution in [3.05, 3.63) is 52.3 Å². The third kappa shape index (κ3) is 2.47. The molecule has 0 fully saturated rings. The minimum atomic E-state index is 0.275. The average Bonchev–Trinajstić information content (AvgIpc) is 2.85. The molecule has 0 aliphatic carbocycles. The zero-order valence-corrected chi connectivity index (χ0v) is 12.4. The number of benzene rings is 1. The number of anilines is 2. The quantitative estimate of drug-likeness (QED) is 0.702. The molecule has 0 bridgehead atoms. The lowest BCUT2D eigenvalue weighted by atomic mass is 10.1. The van der Waals surface area contributed by atoms with Crippen LogP contribution in [0.2, 0.25) is 0 Å². The van der Waals surface area contributed by atoms with Gasteiger partial charge < -0.3 is 11.1 Å². The fraction of sp³-hybridized carbons (Fsp3) is 0.188. The van der Waals surface area contributed by atoms with Crippen LogP contribution in [0.5, 0.6) is 0 Å². The summed E-state index contributed by atoms with van der Waals surface area (Å²) in [6, 6.07) is 12.5. The number of aromatic nitrogens is 1. The lowest BCUT2D eigenvalue weighted by Gasteiger charge is -2.15. The largest absolute Gasteiger partial charge is 0.399 e. The Balaban J connectivity index is 1.94. The normalized spacial score (nSPS) is 12.5. The fourth-order valence-electron chi connectivity index (χ4n) is 2.28. The SMILES string of the molecule is Cc1ccc(C(C)Nc2ccnc3cc(N)ccc23)s1. The first-order chi connectivity index (χ1) is 9.63. The number of rotatable bonds is 3. The lowest BCUT2D eigenvalue weighted by molar-refractivity contribution is 0.910. The van der Waals surface area contributed by atoms with E-state index >= 15 is 0 Å². The van der Waals surface area contributed by atoms with E-state index in [2.05, 4.69) is 36.3 Å². The molecule has 4 heteroatoms. The van der Waals surface area contributed by atoms with Gasteiger partial charge in [0.1, 0.15) is 0 Å². The van der Waals surface area contributed by atoms with E-state index in [1.807, 2.05) is 41.8 Å². The molecule has 3 N–H and O–H groups in total. The van der Waals surface area contributed by atoms with Crippen LogP contribution in [-0.4, -0.2) is 4.98 Å². The Bertz CT molecular complexity index is 748. The first-order valence-corrected chi connectivity index (χ1v) is 7.42. The van der Waals surface area contributed by atoms with Crippen molar-refractivity contribution in [2.75, 3.05) is 11.1 Å². The Hall–Kier alpha value is -2.07. The molecule has 0 spiro atoms. The van der Waals surface area contributed by atoms with Gasteiger partial charge in [-0.25, -0.2) is 0 Å². The predicted molar refractivity (Wildman–Crippen MR) is 87.2 cm³/mol. The Labute approximate surface area is 122 Å². The van der Waals surface area contributed by atoms with Gasteiger partial charge >= 0.3 is 0 Å². The number of thiophene rings is 1. The maximum absolute atomic E-state index is 5.81. The minimum Gasteiger partial charge on any atom is -0.399 e. The van der Waals surface area contributed by atoms with Crippen molar-refractivity contribution >= 4 is 33.6 Å². The summed E-state index contributed by atoms with van der Waals surface area (Å²) >= 11 is 1.82. The van der Waals surface area contributed by atoms with E-state index in [4.69, 9.17) is 5.73 Å². The standard InChI is InChI=1S/C16H17N3S/c1-10-3-6-16(20-10)11(2)19-14-7-8-18-15-9-12(17)4-5-13(14)15/h3-9,11H,17H2,1-2H3,(H,18,19). The predicted octanol–water partition coefficient (Wildman–Crippen LogP) is 4.36. The molecule has 0 saturated heterocycles. The molecule has 3 rings (SSSR count). The maximum atomic E-state index is 5.81. The molecule has 0 aliphatic heterocycles. The molecular formula is C16H17N3S. The average molecular weight is 283 g/mol. The number of pyridine rings is 1. The molecule has 1 unspecified atom stereocenters. The molecule has 20 heavy (non-hydrogen) atoms. The second-order valence-electron chi connectivity index (χ2n) is 4.95. The number of nitrogen functional groups attached to an aromatic ring is 1. The topological polar surface area (TPSA) is 50.9 Å². The number of hydrogen-bond acceptors (Lipinski definition) is 4. The van der Waals surface area contributed by atoms with E-state index in [0.29, 0.717) is 0 Å². The Morgan fingerprint density at radius 3 is 2.80 bits per heavy atom. The molecule has 1 aromatic carbocycles. The summed E-state index contributed by atoms with van der Waals surface area (Å²) in [4.78, 5) is 7.04. The van der Waals surface area contributed by atoms with Gasteiger partial charge in [0.15, 0.2) is 0 Å². The summed E-state index contributed by atoms with van der Waals surface area (Å²) in [5.74, 6) is 0. The lowest BCUT2D eigenvalue weighted by Crippen LogP contribution is -2.05. The van der Waals surface area contributed by atoms with E-state index in [0.717, 1.165) is 22.3 Å². The molecule has 0 radical (unpaired) electrons. The van der Waals surface area contributed by atoms with Crippen molar-refractivity contribution in [1.82, 2.24) is 4.98 Å². The molecular weight excluding hydrogens is 266 g/mol. The number of nitrogens with one attached hydrogen (secondary N) is 1. The summed E-state index contributed by atoms with van der Waals surface area (Å²) in [7, 11) is 0. The van der Waals surface area contributed by atoms with Crippen molar-refractivity contribution in [3.63, 3.8) is 0 Å². The molecule has 2 aromatic heterocycles. The number of nitrogens with two attached hydrogens (primary N) is 1. The van der Waals surface area contributed by atoms with Crippen LogP contribution in [0.15, 0.2) is 42.6 Å². The van der Waals surface area contributed by atoms with Crippen LogP contribution in [0.4, 0.5) is 11.4 Å². The van der Waals surface area contributed by atoms with Gasteiger partial charge in [-0.3, -0.25) is 4.98 Å². The van der Waals surface area contributed by atoms with Crippen molar-refractivity contribution in [2.24, 2.45) is 0 Å². The van der Waals surface area contributed by atoms with Crippen LogP contribution in [0, 0.1) is 6.92 Å². The maximum Gasteiger partial charge on any atom is 0.0743 e. The summed E-state index contributed by atoms with van der Waals surface area (Å²) in [5, 5.41) is 4.66. The fourth-order valence-corrected chi connectivity index (χ4v) is 3.16. The van der Waals surface area contributed by atoms with Gasteiger partial charge in [-0.2, -0.15) is 0 Å². The highest BCUT2D eigenvalue weighted by Crippen LogP contribution is 2.29. The number of aryl methyl sites for hydroxylation is 1. The molecule has 3 nitrogen and oxygen atoms in total.